The molecule has 1 N–H and O–H groups in total. The fourth-order valence-corrected chi connectivity index (χ4v) is 2.55. The van der Waals surface area contributed by atoms with Gasteiger partial charge in [-0.15, -0.1) is 0 Å². The SMILES string of the molecule is Cc1ccc(-c2ccc(CNC3CC3)c(=O)n2C)cc1C. The maximum atomic E-state index is 12.5. The zero-order valence-corrected chi connectivity index (χ0v) is 12.9. The Labute approximate surface area is 125 Å². The van der Waals surface area contributed by atoms with Gasteiger partial charge in [0, 0.05) is 25.2 Å². The van der Waals surface area contributed by atoms with E-state index < -0.39 is 0 Å². The van der Waals surface area contributed by atoms with E-state index in [1.54, 1.807) is 4.57 Å². The van der Waals surface area contributed by atoms with Gasteiger partial charge in [0.25, 0.3) is 5.56 Å². The third-order valence-electron chi connectivity index (χ3n) is 4.34. The number of nitrogens with one attached hydrogen (secondary N) is 1. The van der Waals surface area contributed by atoms with Gasteiger partial charge in [-0.1, -0.05) is 18.2 Å². The van der Waals surface area contributed by atoms with E-state index >= 15 is 0 Å². The van der Waals surface area contributed by atoms with Crippen LogP contribution in [-0.4, -0.2) is 10.6 Å². The van der Waals surface area contributed by atoms with Crippen molar-refractivity contribution in [2.75, 3.05) is 0 Å². The lowest BCUT2D eigenvalue weighted by atomic mass is 10.0. The van der Waals surface area contributed by atoms with E-state index in [1.165, 1.54) is 24.0 Å². The lowest BCUT2D eigenvalue weighted by Crippen LogP contribution is -2.27. The average Bonchev–Trinajstić information content (AvgIpc) is 3.28. The van der Waals surface area contributed by atoms with Crippen LogP contribution in [0.1, 0.15) is 29.5 Å². The Kier molecular flexibility index (Phi) is 3.68. The largest absolute Gasteiger partial charge is 0.311 e. The molecule has 1 heterocycles. The van der Waals surface area contributed by atoms with Gasteiger partial charge in [0.1, 0.15) is 0 Å². The van der Waals surface area contributed by atoms with E-state index in [4.69, 9.17) is 0 Å². The summed E-state index contributed by atoms with van der Waals surface area (Å²) in [5, 5.41) is 3.40. The van der Waals surface area contributed by atoms with Crippen molar-refractivity contribution < 1.29 is 0 Å². The molecular formula is C18H22N2O. The van der Waals surface area contributed by atoms with Crippen molar-refractivity contribution in [3.05, 3.63) is 57.4 Å². The fraction of sp³-hybridized carbons (Fsp3) is 0.389. The highest BCUT2D eigenvalue weighted by molar-refractivity contribution is 5.61. The van der Waals surface area contributed by atoms with E-state index in [1.807, 2.05) is 13.1 Å². The zero-order chi connectivity index (χ0) is 15.0. The minimum atomic E-state index is 0.0962. The topological polar surface area (TPSA) is 34.0 Å². The quantitative estimate of drug-likeness (QED) is 0.935. The molecule has 1 saturated carbocycles. The minimum Gasteiger partial charge on any atom is -0.311 e. The van der Waals surface area contributed by atoms with Crippen LogP contribution in [0.5, 0.6) is 0 Å². The summed E-state index contributed by atoms with van der Waals surface area (Å²) in [6, 6.07) is 11.0. The van der Waals surface area contributed by atoms with Crippen LogP contribution in [0.25, 0.3) is 11.3 Å². The Bertz CT molecular complexity index is 726. The van der Waals surface area contributed by atoms with Crippen LogP contribution in [0.15, 0.2) is 35.1 Å². The lowest BCUT2D eigenvalue weighted by molar-refractivity contribution is 0.674. The summed E-state index contributed by atoms with van der Waals surface area (Å²) in [5.74, 6) is 0. The number of hydrogen-bond donors (Lipinski definition) is 1. The predicted molar refractivity (Wildman–Crippen MR) is 86.5 cm³/mol. The maximum absolute atomic E-state index is 12.5. The smallest absolute Gasteiger partial charge is 0.255 e. The van der Waals surface area contributed by atoms with Crippen LogP contribution in [-0.2, 0) is 13.6 Å². The van der Waals surface area contributed by atoms with Gasteiger partial charge in [0.15, 0.2) is 0 Å². The van der Waals surface area contributed by atoms with Gasteiger partial charge in [-0.05, 0) is 55.5 Å². The number of nitrogens with zero attached hydrogens (tertiary/aromatic N) is 1. The maximum Gasteiger partial charge on any atom is 0.255 e. The van der Waals surface area contributed by atoms with Crippen molar-refractivity contribution in [3.63, 3.8) is 0 Å². The number of pyridine rings is 1. The van der Waals surface area contributed by atoms with Crippen LogP contribution in [0, 0.1) is 13.8 Å². The van der Waals surface area contributed by atoms with Crippen molar-refractivity contribution in [2.45, 2.75) is 39.3 Å². The van der Waals surface area contributed by atoms with Crippen LogP contribution < -0.4 is 10.9 Å². The molecule has 0 aliphatic heterocycles. The van der Waals surface area contributed by atoms with E-state index in [2.05, 4.69) is 43.4 Å². The number of aromatic nitrogens is 1. The second-order valence-electron chi connectivity index (χ2n) is 6.06. The first-order valence-electron chi connectivity index (χ1n) is 7.56. The highest BCUT2D eigenvalue weighted by atomic mass is 16.1. The van der Waals surface area contributed by atoms with E-state index in [-0.39, 0.29) is 5.56 Å². The summed E-state index contributed by atoms with van der Waals surface area (Å²) in [5.41, 5.74) is 5.53. The standard InChI is InChI=1S/C18H22N2O/c1-12-4-5-14(10-13(12)2)17-9-6-15(18(21)20(17)3)11-19-16-7-8-16/h4-6,9-10,16,19H,7-8,11H2,1-3H3. The number of rotatable bonds is 4. The number of benzene rings is 1. The van der Waals surface area contributed by atoms with Crippen molar-refractivity contribution >= 4 is 0 Å². The summed E-state index contributed by atoms with van der Waals surface area (Å²) in [6.45, 7) is 4.88. The first-order chi connectivity index (χ1) is 10.1. The zero-order valence-electron chi connectivity index (χ0n) is 12.9. The molecule has 0 atom stereocenters. The van der Waals surface area contributed by atoms with Crippen molar-refractivity contribution in [1.82, 2.24) is 9.88 Å². The number of aryl methyl sites for hydroxylation is 2. The molecule has 0 amide bonds. The van der Waals surface area contributed by atoms with Gasteiger partial charge in [0.05, 0.1) is 5.69 Å². The van der Waals surface area contributed by atoms with Crippen molar-refractivity contribution in [3.8, 4) is 11.3 Å². The first kappa shape index (κ1) is 14.1. The number of hydrogen-bond acceptors (Lipinski definition) is 2. The highest BCUT2D eigenvalue weighted by Gasteiger charge is 2.20. The summed E-state index contributed by atoms with van der Waals surface area (Å²) in [6.07, 6.45) is 2.47. The van der Waals surface area contributed by atoms with Gasteiger partial charge >= 0.3 is 0 Å². The molecular weight excluding hydrogens is 260 g/mol. The average molecular weight is 282 g/mol. The molecule has 21 heavy (non-hydrogen) atoms. The van der Waals surface area contributed by atoms with Gasteiger partial charge in [0.2, 0.25) is 0 Å². The molecule has 1 aromatic carbocycles. The Hall–Kier alpha value is -1.87. The molecule has 0 unspecified atom stereocenters. The molecule has 1 fully saturated rings. The molecule has 1 aliphatic carbocycles. The molecule has 0 spiro atoms. The van der Waals surface area contributed by atoms with E-state index in [0.717, 1.165) is 16.8 Å². The molecule has 0 bridgehead atoms. The Balaban J connectivity index is 1.93. The Morgan fingerprint density at radius 1 is 1.14 bits per heavy atom. The molecule has 3 heteroatoms. The Morgan fingerprint density at radius 2 is 1.90 bits per heavy atom. The summed E-state index contributed by atoms with van der Waals surface area (Å²) >= 11 is 0. The third kappa shape index (κ3) is 2.93. The molecule has 3 nitrogen and oxygen atoms in total. The molecule has 2 aromatic rings. The first-order valence-corrected chi connectivity index (χ1v) is 7.56. The predicted octanol–water partition coefficient (Wildman–Crippen LogP) is 2.92. The monoisotopic (exact) mass is 282 g/mol. The second kappa shape index (κ2) is 5.49. The summed E-state index contributed by atoms with van der Waals surface area (Å²) in [4.78, 5) is 12.5. The summed E-state index contributed by atoms with van der Waals surface area (Å²) < 4.78 is 1.76. The van der Waals surface area contributed by atoms with Crippen LogP contribution >= 0.6 is 0 Å². The second-order valence-corrected chi connectivity index (χ2v) is 6.06. The molecule has 0 radical (unpaired) electrons. The van der Waals surface area contributed by atoms with E-state index in [0.29, 0.717) is 12.6 Å². The molecule has 0 saturated heterocycles. The van der Waals surface area contributed by atoms with E-state index in [9.17, 15) is 4.79 Å². The molecule has 1 aromatic heterocycles. The Morgan fingerprint density at radius 3 is 2.57 bits per heavy atom. The molecule has 1 aliphatic rings. The van der Waals surface area contributed by atoms with Gasteiger partial charge in [-0.3, -0.25) is 4.79 Å². The van der Waals surface area contributed by atoms with Crippen LogP contribution in [0.4, 0.5) is 0 Å². The molecule has 3 rings (SSSR count). The molecule has 110 valence electrons. The highest BCUT2D eigenvalue weighted by Crippen LogP contribution is 2.22. The van der Waals surface area contributed by atoms with Crippen molar-refractivity contribution in [1.29, 1.82) is 0 Å². The van der Waals surface area contributed by atoms with Crippen molar-refractivity contribution in [2.24, 2.45) is 7.05 Å². The lowest BCUT2D eigenvalue weighted by Gasteiger charge is -2.12. The fourth-order valence-electron chi connectivity index (χ4n) is 2.55. The van der Waals surface area contributed by atoms with Gasteiger partial charge in [-0.2, -0.15) is 0 Å². The summed E-state index contributed by atoms with van der Waals surface area (Å²) in [7, 11) is 1.85. The van der Waals surface area contributed by atoms with Crippen LogP contribution in [0.2, 0.25) is 0 Å². The van der Waals surface area contributed by atoms with Gasteiger partial charge in [-0.25, -0.2) is 0 Å². The van der Waals surface area contributed by atoms with Crippen LogP contribution in [0.3, 0.4) is 0 Å². The van der Waals surface area contributed by atoms with Gasteiger partial charge < -0.3 is 9.88 Å². The third-order valence-corrected chi connectivity index (χ3v) is 4.34. The minimum absolute atomic E-state index is 0.0962. The normalized spacial score (nSPS) is 14.4.